The number of aromatic nitrogens is 2. The molecule has 1 aliphatic heterocycles. The Labute approximate surface area is 159 Å². The zero-order valence-electron chi connectivity index (χ0n) is 15.7. The molecule has 7 heteroatoms. The average molecular weight is 368 g/mol. The SMILES string of the molecule is CCOC(=O)N1CCN(C(=O)c2cnc(Cc3ccccc3)nc2C)CC1. The van der Waals surface area contributed by atoms with Crippen molar-refractivity contribution in [2.75, 3.05) is 32.8 Å². The van der Waals surface area contributed by atoms with Crippen LogP contribution < -0.4 is 0 Å². The number of aryl methyl sites for hydroxylation is 1. The van der Waals surface area contributed by atoms with Gasteiger partial charge in [0.1, 0.15) is 5.82 Å². The minimum absolute atomic E-state index is 0.0951. The number of hydrogen-bond donors (Lipinski definition) is 0. The molecule has 7 nitrogen and oxygen atoms in total. The van der Waals surface area contributed by atoms with E-state index in [1.165, 1.54) is 0 Å². The van der Waals surface area contributed by atoms with E-state index in [2.05, 4.69) is 9.97 Å². The molecular formula is C20H24N4O3. The Bertz CT molecular complexity index is 802. The molecule has 1 fully saturated rings. The zero-order chi connectivity index (χ0) is 19.2. The lowest BCUT2D eigenvalue weighted by atomic mass is 10.1. The first kappa shape index (κ1) is 18.8. The van der Waals surface area contributed by atoms with Gasteiger partial charge in [-0.15, -0.1) is 0 Å². The molecule has 0 N–H and O–H groups in total. The Morgan fingerprint density at radius 3 is 2.37 bits per heavy atom. The van der Waals surface area contributed by atoms with E-state index in [4.69, 9.17) is 4.74 Å². The molecule has 3 rings (SSSR count). The molecule has 27 heavy (non-hydrogen) atoms. The Morgan fingerprint density at radius 2 is 1.74 bits per heavy atom. The molecule has 1 saturated heterocycles. The van der Waals surface area contributed by atoms with Crippen LogP contribution in [-0.2, 0) is 11.2 Å². The zero-order valence-corrected chi connectivity index (χ0v) is 15.7. The van der Waals surface area contributed by atoms with Crippen molar-refractivity contribution < 1.29 is 14.3 Å². The quantitative estimate of drug-likeness (QED) is 0.828. The highest BCUT2D eigenvalue weighted by atomic mass is 16.6. The van der Waals surface area contributed by atoms with Crippen molar-refractivity contribution in [3.05, 3.63) is 59.2 Å². The van der Waals surface area contributed by atoms with E-state index in [9.17, 15) is 9.59 Å². The van der Waals surface area contributed by atoms with Crippen LogP contribution >= 0.6 is 0 Å². The molecule has 1 aromatic heterocycles. The summed E-state index contributed by atoms with van der Waals surface area (Å²) in [7, 11) is 0. The molecule has 2 heterocycles. The molecule has 142 valence electrons. The number of rotatable bonds is 4. The molecule has 0 spiro atoms. The molecular weight excluding hydrogens is 344 g/mol. The van der Waals surface area contributed by atoms with Crippen LogP contribution in [0.3, 0.4) is 0 Å². The van der Waals surface area contributed by atoms with Crippen LogP contribution in [0.4, 0.5) is 4.79 Å². The van der Waals surface area contributed by atoms with E-state index in [0.29, 0.717) is 56.3 Å². The Kier molecular flexibility index (Phi) is 6.01. The number of carbonyl (C=O) groups excluding carboxylic acids is 2. The fourth-order valence-corrected chi connectivity index (χ4v) is 3.07. The molecule has 0 bridgehead atoms. The van der Waals surface area contributed by atoms with Crippen LogP contribution in [0.15, 0.2) is 36.5 Å². The highest BCUT2D eigenvalue weighted by Crippen LogP contribution is 2.13. The van der Waals surface area contributed by atoms with Gasteiger partial charge < -0.3 is 14.5 Å². The highest BCUT2D eigenvalue weighted by molar-refractivity contribution is 5.95. The summed E-state index contributed by atoms with van der Waals surface area (Å²) in [6, 6.07) is 9.99. The van der Waals surface area contributed by atoms with Gasteiger partial charge in [-0.2, -0.15) is 0 Å². The Hall–Kier alpha value is -2.96. The van der Waals surface area contributed by atoms with Crippen LogP contribution in [0.5, 0.6) is 0 Å². The fraction of sp³-hybridized carbons (Fsp3) is 0.400. The first-order valence-corrected chi connectivity index (χ1v) is 9.16. The Balaban J connectivity index is 1.63. The number of amides is 2. The molecule has 0 atom stereocenters. The Morgan fingerprint density at radius 1 is 1.07 bits per heavy atom. The first-order valence-electron chi connectivity index (χ1n) is 9.16. The summed E-state index contributed by atoms with van der Waals surface area (Å²) in [6.07, 6.45) is 1.92. The summed E-state index contributed by atoms with van der Waals surface area (Å²) in [5, 5.41) is 0. The van der Waals surface area contributed by atoms with Gasteiger partial charge in [0.2, 0.25) is 0 Å². The largest absolute Gasteiger partial charge is 0.450 e. The van der Waals surface area contributed by atoms with Crippen molar-refractivity contribution in [1.29, 1.82) is 0 Å². The highest BCUT2D eigenvalue weighted by Gasteiger charge is 2.26. The molecule has 1 aliphatic rings. The van der Waals surface area contributed by atoms with E-state index in [1.54, 1.807) is 22.9 Å². The molecule has 0 unspecified atom stereocenters. The summed E-state index contributed by atoms with van der Waals surface area (Å²) in [6.45, 7) is 5.85. The second-order valence-electron chi connectivity index (χ2n) is 6.43. The van der Waals surface area contributed by atoms with Crippen molar-refractivity contribution in [3.8, 4) is 0 Å². The van der Waals surface area contributed by atoms with Gasteiger partial charge >= 0.3 is 6.09 Å². The summed E-state index contributed by atoms with van der Waals surface area (Å²) in [5.41, 5.74) is 2.32. The number of nitrogens with zero attached hydrogens (tertiary/aromatic N) is 4. The van der Waals surface area contributed by atoms with Gasteiger partial charge in [-0.25, -0.2) is 14.8 Å². The van der Waals surface area contributed by atoms with Gasteiger partial charge in [0, 0.05) is 38.8 Å². The lowest BCUT2D eigenvalue weighted by molar-refractivity contribution is 0.0569. The lowest BCUT2D eigenvalue weighted by Crippen LogP contribution is -2.50. The standard InChI is InChI=1S/C20H24N4O3/c1-3-27-20(26)24-11-9-23(10-12-24)19(25)17-14-21-18(22-15(17)2)13-16-7-5-4-6-8-16/h4-8,14H,3,9-13H2,1-2H3. The second-order valence-corrected chi connectivity index (χ2v) is 6.43. The lowest BCUT2D eigenvalue weighted by Gasteiger charge is -2.34. The van der Waals surface area contributed by atoms with E-state index < -0.39 is 0 Å². The van der Waals surface area contributed by atoms with Gasteiger partial charge in [-0.05, 0) is 19.4 Å². The van der Waals surface area contributed by atoms with Crippen LogP contribution in [0.1, 0.15) is 34.4 Å². The third-order valence-electron chi connectivity index (χ3n) is 4.56. The summed E-state index contributed by atoms with van der Waals surface area (Å²) in [4.78, 5) is 36.8. The number of piperazine rings is 1. The summed E-state index contributed by atoms with van der Waals surface area (Å²) >= 11 is 0. The van der Waals surface area contributed by atoms with E-state index in [1.807, 2.05) is 37.3 Å². The molecule has 0 radical (unpaired) electrons. The van der Waals surface area contributed by atoms with Crippen molar-refractivity contribution in [3.63, 3.8) is 0 Å². The maximum Gasteiger partial charge on any atom is 0.409 e. The summed E-state index contributed by atoms with van der Waals surface area (Å²) in [5.74, 6) is 0.602. The second kappa shape index (κ2) is 8.62. The maximum atomic E-state index is 12.8. The van der Waals surface area contributed by atoms with Crippen molar-refractivity contribution >= 4 is 12.0 Å². The average Bonchev–Trinajstić information content (AvgIpc) is 2.69. The summed E-state index contributed by atoms with van der Waals surface area (Å²) < 4.78 is 5.01. The van der Waals surface area contributed by atoms with Crippen LogP contribution in [0.2, 0.25) is 0 Å². The van der Waals surface area contributed by atoms with E-state index >= 15 is 0 Å². The van der Waals surface area contributed by atoms with Gasteiger partial charge in [0.25, 0.3) is 5.91 Å². The topological polar surface area (TPSA) is 75.6 Å². The van der Waals surface area contributed by atoms with Crippen molar-refractivity contribution in [2.24, 2.45) is 0 Å². The smallest absolute Gasteiger partial charge is 0.409 e. The van der Waals surface area contributed by atoms with Crippen molar-refractivity contribution in [2.45, 2.75) is 20.3 Å². The monoisotopic (exact) mass is 368 g/mol. The molecule has 0 aliphatic carbocycles. The third kappa shape index (κ3) is 4.61. The predicted octanol–water partition coefficient (Wildman–Crippen LogP) is 2.29. The molecule has 2 amide bonds. The van der Waals surface area contributed by atoms with Crippen molar-refractivity contribution in [1.82, 2.24) is 19.8 Å². The maximum absolute atomic E-state index is 12.8. The van der Waals surface area contributed by atoms with Gasteiger partial charge in [-0.1, -0.05) is 30.3 Å². The fourth-order valence-electron chi connectivity index (χ4n) is 3.07. The minimum Gasteiger partial charge on any atom is -0.450 e. The van der Waals surface area contributed by atoms with Crippen LogP contribution in [-0.4, -0.2) is 64.6 Å². The predicted molar refractivity (Wildman–Crippen MR) is 101 cm³/mol. The third-order valence-corrected chi connectivity index (χ3v) is 4.56. The van der Waals surface area contributed by atoms with E-state index in [-0.39, 0.29) is 12.0 Å². The van der Waals surface area contributed by atoms with Gasteiger partial charge in [0.05, 0.1) is 17.9 Å². The normalized spacial score (nSPS) is 14.1. The first-order chi connectivity index (χ1) is 13.1. The van der Waals surface area contributed by atoms with E-state index in [0.717, 1.165) is 5.56 Å². The number of hydrogen-bond acceptors (Lipinski definition) is 5. The number of carbonyl (C=O) groups is 2. The van der Waals surface area contributed by atoms with Crippen LogP contribution in [0.25, 0.3) is 0 Å². The number of benzene rings is 1. The molecule has 0 saturated carbocycles. The molecule has 1 aromatic carbocycles. The van der Waals surface area contributed by atoms with Crippen LogP contribution in [0, 0.1) is 6.92 Å². The minimum atomic E-state index is -0.325. The number of ether oxygens (including phenoxy) is 1. The molecule has 2 aromatic rings. The van der Waals surface area contributed by atoms with Gasteiger partial charge in [-0.3, -0.25) is 4.79 Å². The van der Waals surface area contributed by atoms with Gasteiger partial charge in [0.15, 0.2) is 0 Å².